The molecule has 0 saturated carbocycles. The largest absolute Gasteiger partial charge is 0.352 e. The van der Waals surface area contributed by atoms with Crippen LogP contribution in [0.1, 0.15) is 23.2 Å². The van der Waals surface area contributed by atoms with Crippen molar-refractivity contribution in [2.75, 3.05) is 13.1 Å². The number of halogens is 1. The molecule has 0 aliphatic carbocycles. The Morgan fingerprint density at radius 1 is 1.35 bits per heavy atom. The van der Waals surface area contributed by atoms with Gasteiger partial charge in [0, 0.05) is 28.6 Å². The summed E-state index contributed by atoms with van der Waals surface area (Å²) in [6.07, 6.45) is 1.56. The molecule has 0 atom stereocenters. The summed E-state index contributed by atoms with van der Waals surface area (Å²) < 4.78 is 0. The molecule has 1 rings (SSSR count). The summed E-state index contributed by atoms with van der Waals surface area (Å²) in [7, 11) is 0. The van der Waals surface area contributed by atoms with E-state index in [0.29, 0.717) is 23.7 Å². The summed E-state index contributed by atoms with van der Waals surface area (Å²) in [6, 6.07) is 6.71. The summed E-state index contributed by atoms with van der Waals surface area (Å²) >= 11 is 5.72. The van der Waals surface area contributed by atoms with Gasteiger partial charge in [-0.1, -0.05) is 16.7 Å². The number of carbonyl (C=O) groups is 1. The molecule has 0 radical (unpaired) electrons. The molecular weight excluding hydrogens is 240 g/mol. The number of unbranched alkanes of at least 4 members (excludes halogenated alkanes) is 1. The topological polar surface area (TPSA) is 77.9 Å². The minimum Gasteiger partial charge on any atom is -0.352 e. The van der Waals surface area contributed by atoms with Crippen LogP contribution in [-0.2, 0) is 0 Å². The molecule has 0 heterocycles. The number of nitrogens with zero attached hydrogens (tertiary/aromatic N) is 3. The molecule has 0 saturated heterocycles. The molecule has 1 aromatic carbocycles. The average molecular weight is 253 g/mol. The third-order valence-corrected chi connectivity index (χ3v) is 2.39. The fraction of sp³-hybridized carbons (Fsp3) is 0.364. The van der Waals surface area contributed by atoms with E-state index < -0.39 is 0 Å². The first kappa shape index (κ1) is 13.4. The van der Waals surface area contributed by atoms with Crippen LogP contribution in [0.3, 0.4) is 0 Å². The van der Waals surface area contributed by atoms with Gasteiger partial charge in [-0.05, 0) is 42.6 Å². The van der Waals surface area contributed by atoms with Crippen molar-refractivity contribution in [2.24, 2.45) is 5.11 Å². The van der Waals surface area contributed by atoms with E-state index in [9.17, 15) is 4.79 Å². The Hall–Kier alpha value is -1.71. The fourth-order valence-corrected chi connectivity index (χ4v) is 1.38. The highest BCUT2D eigenvalue weighted by Gasteiger charge is 2.03. The van der Waals surface area contributed by atoms with Crippen LogP contribution in [0, 0.1) is 0 Å². The molecule has 0 fully saturated rings. The Balaban J connectivity index is 2.25. The van der Waals surface area contributed by atoms with Crippen LogP contribution in [-0.4, -0.2) is 19.0 Å². The molecule has 0 spiro atoms. The molecule has 90 valence electrons. The Kier molecular flexibility index (Phi) is 5.93. The predicted molar refractivity (Wildman–Crippen MR) is 67.0 cm³/mol. The van der Waals surface area contributed by atoms with Gasteiger partial charge in [0.15, 0.2) is 0 Å². The van der Waals surface area contributed by atoms with E-state index in [1.54, 1.807) is 24.3 Å². The van der Waals surface area contributed by atoms with Crippen molar-refractivity contribution in [1.82, 2.24) is 5.32 Å². The number of amides is 1. The average Bonchev–Trinajstić information content (AvgIpc) is 2.34. The summed E-state index contributed by atoms with van der Waals surface area (Å²) in [4.78, 5) is 14.3. The lowest BCUT2D eigenvalue weighted by Gasteiger charge is -2.04. The van der Waals surface area contributed by atoms with E-state index in [4.69, 9.17) is 17.1 Å². The van der Waals surface area contributed by atoms with Gasteiger partial charge in [-0.3, -0.25) is 4.79 Å². The van der Waals surface area contributed by atoms with Crippen LogP contribution in [0.15, 0.2) is 29.4 Å². The summed E-state index contributed by atoms with van der Waals surface area (Å²) in [5.41, 5.74) is 8.65. The Bertz CT molecular complexity index is 412. The maximum atomic E-state index is 11.6. The molecule has 0 aromatic heterocycles. The van der Waals surface area contributed by atoms with Crippen molar-refractivity contribution < 1.29 is 4.79 Å². The molecule has 1 aromatic rings. The van der Waals surface area contributed by atoms with Crippen LogP contribution in [0.5, 0.6) is 0 Å². The Labute approximate surface area is 104 Å². The van der Waals surface area contributed by atoms with E-state index in [2.05, 4.69) is 15.3 Å². The van der Waals surface area contributed by atoms with Crippen molar-refractivity contribution in [3.8, 4) is 0 Å². The zero-order valence-corrected chi connectivity index (χ0v) is 10.0. The van der Waals surface area contributed by atoms with Crippen molar-refractivity contribution in [3.05, 3.63) is 45.3 Å². The lowest BCUT2D eigenvalue weighted by molar-refractivity contribution is 0.0953. The van der Waals surface area contributed by atoms with Crippen LogP contribution in [0.2, 0.25) is 5.02 Å². The quantitative estimate of drug-likeness (QED) is 0.359. The zero-order chi connectivity index (χ0) is 12.5. The second-order valence-electron chi connectivity index (χ2n) is 3.42. The molecule has 0 aliphatic heterocycles. The first-order chi connectivity index (χ1) is 8.24. The van der Waals surface area contributed by atoms with Crippen molar-refractivity contribution >= 4 is 17.5 Å². The molecule has 0 bridgehead atoms. The number of hydrogen-bond acceptors (Lipinski definition) is 2. The highest BCUT2D eigenvalue weighted by molar-refractivity contribution is 6.30. The highest BCUT2D eigenvalue weighted by atomic mass is 35.5. The van der Waals surface area contributed by atoms with Crippen LogP contribution >= 0.6 is 11.6 Å². The van der Waals surface area contributed by atoms with Gasteiger partial charge >= 0.3 is 0 Å². The SMILES string of the molecule is [N-]=[N+]=NCCCCNC(=O)c1ccc(Cl)cc1. The highest BCUT2D eigenvalue weighted by Crippen LogP contribution is 2.09. The monoisotopic (exact) mass is 252 g/mol. The molecule has 1 amide bonds. The molecule has 5 nitrogen and oxygen atoms in total. The van der Waals surface area contributed by atoms with Gasteiger partial charge in [0.2, 0.25) is 0 Å². The second-order valence-corrected chi connectivity index (χ2v) is 3.86. The minimum absolute atomic E-state index is 0.120. The zero-order valence-electron chi connectivity index (χ0n) is 9.27. The van der Waals surface area contributed by atoms with E-state index in [-0.39, 0.29) is 5.91 Å². The Morgan fingerprint density at radius 2 is 2.06 bits per heavy atom. The van der Waals surface area contributed by atoms with Crippen LogP contribution < -0.4 is 5.32 Å². The standard InChI is InChI=1S/C11H13ClN4O/c12-10-5-3-9(4-6-10)11(17)14-7-1-2-8-15-16-13/h3-6H,1-2,7-8H2,(H,14,17). The van der Waals surface area contributed by atoms with Crippen LogP contribution in [0.4, 0.5) is 0 Å². The van der Waals surface area contributed by atoms with Gasteiger partial charge in [0.25, 0.3) is 5.91 Å². The van der Waals surface area contributed by atoms with E-state index in [1.165, 1.54) is 0 Å². The first-order valence-corrected chi connectivity index (χ1v) is 5.66. The third kappa shape index (κ3) is 5.24. The second kappa shape index (κ2) is 7.54. The molecule has 6 heteroatoms. The van der Waals surface area contributed by atoms with Crippen molar-refractivity contribution in [2.45, 2.75) is 12.8 Å². The van der Waals surface area contributed by atoms with Gasteiger partial charge in [-0.2, -0.15) is 0 Å². The third-order valence-electron chi connectivity index (χ3n) is 2.14. The summed E-state index contributed by atoms with van der Waals surface area (Å²) in [6.45, 7) is 1.04. The van der Waals surface area contributed by atoms with Gasteiger partial charge in [0.1, 0.15) is 0 Å². The van der Waals surface area contributed by atoms with E-state index in [0.717, 1.165) is 12.8 Å². The van der Waals surface area contributed by atoms with Crippen molar-refractivity contribution in [1.29, 1.82) is 0 Å². The van der Waals surface area contributed by atoms with Gasteiger partial charge in [-0.15, -0.1) is 0 Å². The number of nitrogens with one attached hydrogen (secondary N) is 1. The number of azide groups is 1. The van der Waals surface area contributed by atoms with Gasteiger partial charge in [-0.25, -0.2) is 0 Å². The normalized spacial score (nSPS) is 9.47. The molecule has 1 N–H and O–H groups in total. The van der Waals surface area contributed by atoms with Crippen LogP contribution in [0.25, 0.3) is 10.4 Å². The minimum atomic E-state index is -0.120. The van der Waals surface area contributed by atoms with E-state index >= 15 is 0 Å². The van der Waals surface area contributed by atoms with Crippen molar-refractivity contribution in [3.63, 3.8) is 0 Å². The molecule has 17 heavy (non-hydrogen) atoms. The fourth-order valence-electron chi connectivity index (χ4n) is 1.26. The predicted octanol–water partition coefficient (Wildman–Crippen LogP) is 3.16. The first-order valence-electron chi connectivity index (χ1n) is 5.28. The van der Waals surface area contributed by atoms with Gasteiger partial charge in [0.05, 0.1) is 0 Å². The number of rotatable bonds is 6. The maximum Gasteiger partial charge on any atom is 0.251 e. The maximum absolute atomic E-state index is 11.6. The lowest BCUT2D eigenvalue weighted by Crippen LogP contribution is -2.24. The summed E-state index contributed by atoms with van der Waals surface area (Å²) in [5, 5.41) is 6.80. The van der Waals surface area contributed by atoms with Gasteiger partial charge < -0.3 is 5.32 Å². The molecular formula is C11H13ClN4O. The van der Waals surface area contributed by atoms with E-state index in [1.807, 2.05) is 0 Å². The molecule has 0 aliphatic rings. The number of hydrogen-bond donors (Lipinski definition) is 1. The lowest BCUT2D eigenvalue weighted by atomic mass is 10.2. The summed E-state index contributed by atoms with van der Waals surface area (Å²) in [5.74, 6) is -0.120. The Morgan fingerprint density at radius 3 is 2.71 bits per heavy atom. The molecule has 0 unspecified atom stereocenters. The smallest absolute Gasteiger partial charge is 0.251 e. The number of benzene rings is 1. The number of carbonyl (C=O) groups excluding carboxylic acids is 1.